The number of ether oxygens (including phenoxy) is 1. The second-order valence-electron chi connectivity index (χ2n) is 4.02. The van der Waals surface area contributed by atoms with Gasteiger partial charge in [0.25, 0.3) is 0 Å². The lowest BCUT2D eigenvalue weighted by Gasteiger charge is -2.35. The van der Waals surface area contributed by atoms with Crippen LogP contribution in [0.2, 0.25) is 0 Å². The summed E-state index contributed by atoms with van der Waals surface area (Å²) in [6.45, 7) is 1.96. The van der Waals surface area contributed by atoms with E-state index in [-0.39, 0.29) is 5.78 Å². The number of alkyl halides is 2. The molecule has 2 atom stereocenters. The van der Waals surface area contributed by atoms with Gasteiger partial charge in [-0.15, -0.1) is 11.6 Å². The van der Waals surface area contributed by atoms with Crippen molar-refractivity contribution in [2.75, 3.05) is 0 Å². The van der Waals surface area contributed by atoms with Crippen LogP contribution >= 0.6 is 39.1 Å². The summed E-state index contributed by atoms with van der Waals surface area (Å²) in [6.07, 6.45) is 1.26. The van der Waals surface area contributed by atoms with Crippen molar-refractivity contribution >= 4 is 44.9 Å². The van der Waals surface area contributed by atoms with Crippen LogP contribution in [0.15, 0.2) is 22.7 Å². The summed E-state index contributed by atoms with van der Waals surface area (Å²) in [5.41, 5.74) is -0.343. The number of hydrogen-bond acceptors (Lipinski definition) is 2. The molecule has 0 aromatic heterocycles. The van der Waals surface area contributed by atoms with E-state index in [1.165, 1.54) is 0 Å². The fraction of sp³-hybridized carbons (Fsp3) is 0.417. The summed E-state index contributed by atoms with van der Waals surface area (Å²) in [6, 6.07) is 5.24. The first-order valence-corrected chi connectivity index (χ1v) is 6.93. The van der Waals surface area contributed by atoms with Crippen molar-refractivity contribution in [2.24, 2.45) is 0 Å². The summed E-state index contributed by atoms with van der Waals surface area (Å²) >= 11 is 15.7. The van der Waals surface area contributed by atoms with Gasteiger partial charge in [-0.05, 0) is 24.6 Å². The number of fused-ring (bicyclic) bond motifs is 1. The molecule has 1 aromatic carbocycles. The van der Waals surface area contributed by atoms with Gasteiger partial charge in [0.1, 0.15) is 5.75 Å². The first kappa shape index (κ1) is 13.2. The van der Waals surface area contributed by atoms with Crippen LogP contribution in [-0.4, -0.2) is 16.2 Å². The first-order valence-electron chi connectivity index (χ1n) is 5.33. The third kappa shape index (κ3) is 2.20. The highest BCUT2D eigenvalue weighted by Gasteiger charge is 2.48. The van der Waals surface area contributed by atoms with Gasteiger partial charge in [0.2, 0.25) is 0 Å². The number of carbonyl (C=O) groups is 1. The van der Waals surface area contributed by atoms with Gasteiger partial charge in [-0.25, -0.2) is 0 Å². The minimum atomic E-state index is -1.16. The minimum absolute atomic E-state index is 0.163. The predicted molar refractivity (Wildman–Crippen MR) is 72.2 cm³/mol. The molecule has 2 unspecified atom stereocenters. The number of halogens is 3. The van der Waals surface area contributed by atoms with Gasteiger partial charge in [-0.3, -0.25) is 4.79 Å². The summed E-state index contributed by atoms with van der Waals surface area (Å²) in [5.74, 6) is 0.328. The Bertz CT molecular complexity index is 464. The Morgan fingerprint density at radius 1 is 1.53 bits per heavy atom. The van der Waals surface area contributed by atoms with Crippen molar-refractivity contribution in [2.45, 2.75) is 30.2 Å². The van der Waals surface area contributed by atoms with Crippen LogP contribution in [0.1, 0.15) is 30.1 Å². The van der Waals surface area contributed by atoms with Crippen molar-refractivity contribution in [3.63, 3.8) is 0 Å². The second kappa shape index (κ2) is 4.79. The molecular weight excluding hydrogens is 327 g/mol. The lowest BCUT2D eigenvalue weighted by molar-refractivity contribution is 0.0817. The monoisotopic (exact) mass is 336 g/mol. The largest absolute Gasteiger partial charge is 0.472 e. The Balaban J connectivity index is 2.48. The molecule has 1 aliphatic heterocycles. The van der Waals surface area contributed by atoms with Crippen LogP contribution in [0.5, 0.6) is 5.75 Å². The van der Waals surface area contributed by atoms with E-state index in [9.17, 15) is 4.79 Å². The molecule has 0 saturated heterocycles. The molecule has 0 fully saturated rings. The van der Waals surface area contributed by atoms with Gasteiger partial charge in [0.05, 0.1) is 5.56 Å². The summed E-state index contributed by atoms with van der Waals surface area (Å²) < 4.78 is 6.33. The van der Waals surface area contributed by atoms with Crippen LogP contribution < -0.4 is 4.74 Å². The SMILES string of the molecule is CCCC1(Cl)C(=O)c2cc(Br)ccc2OC1Cl. The zero-order chi connectivity index (χ0) is 12.6. The molecular formula is C12H11BrCl2O2. The molecule has 2 nitrogen and oxygen atoms in total. The van der Waals surface area contributed by atoms with E-state index in [4.69, 9.17) is 27.9 Å². The van der Waals surface area contributed by atoms with Gasteiger partial charge in [-0.2, -0.15) is 0 Å². The van der Waals surface area contributed by atoms with Gasteiger partial charge < -0.3 is 4.74 Å². The zero-order valence-electron chi connectivity index (χ0n) is 9.17. The van der Waals surface area contributed by atoms with Gasteiger partial charge in [-0.1, -0.05) is 40.9 Å². The lowest BCUT2D eigenvalue weighted by atomic mass is 9.90. The van der Waals surface area contributed by atoms with Crippen molar-refractivity contribution in [3.05, 3.63) is 28.2 Å². The highest BCUT2D eigenvalue weighted by Crippen LogP contribution is 2.42. The van der Waals surface area contributed by atoms with E-state index < -0.39 is 10.4 Å². The molecule has 0 aliphatic carbocycles. The number of carbonyl (C=O) groups excluding carboxylic acids is 1. The summed E-state index contributed by atoms with van der Waals surface area (Å²) in [7, 11) is 0. The highest BCUT2D eigenvalue weighted by molar-refractivity contribution is 9.10. The third-order valence-electron chi connectivity index (χ3n) is 2.77. The third-order valence-corrected chi connectivity index (χ3v) is 4.39. The van der Waals surface area contributed by atoms with Crippen LogP contribution in [0.3, 0.4) is 0 Å². The Kier molecular flexibility index (Phi) is 3.71. The van der Waals surface area contributed by atoms with E-state index >= 15 is 0 Å². The van der Waals surface area contributed by atoms with E-state index in [1.54, 1.807) is 18.2 Å². The Morgan fingerprint density at radius 3 is 2.88 bits per heavy atom. The normalized spacial score (nSPS) is 27.5. The van der Waals surface area contributed by atoms with Crippen LogP contribution in [-0.2, 0) is 0 Å². The van der Waals surface area contributed by atoms with E-state index in [1.807, 2.05) is 6.92 Å². The molecule has 2 rings (SSSR count). The Labute approximate surface area is 118 Å². The molecule has 0 N–H and O–H groups in total. The molecule has 0 saturated carbocycles. The maximum Gasteiger partial charge on any atom is 0.198 e. The number of rotatable bonds is 2. The minimum Gasteiger partial charge on any atom is -0.472 e. The van der Waals surface area contributed by atoms with Crippen LogP contribution in [0, 0.1) is 0 Å². The van der Waals surface area contributed by atoms with E-state index in [2.05, 4.69) is 15.9 Å². The molecule has 5 heteroatoms. The maximum absolute atomic E-state index is 12.4. The molecule has 0 bridgehead atoms. The van der Waals surface area contributed by atoms with E-state index in [0.29, 0.717) is 17.7 Å². The fourth-order valence-electron chi connectivity index (χ4n) is 1.91. The van der Waals surface area contributed by atoms with Gasteiger partial charge >= 0.3 is 0 Å². The molecule has 1 aliphatic rings. The quantitative estimate of drug-likeness (QED) is 0.749. The van der Waals surface area contributed by atoms with Gasteiger partial charge in [0.15, 0.2) is 16.2 Å². The number of ketones is 1. The summed E-state index contributed by atoms with van der Waals surface area (Å²) in [5, 5.41) is 0. The number of benzene rings is 1. The Hall–Kier alpha value is -0.250. The molecule has 0 spiro atoms. The van der Waals surface area contributed by atoms with Crippen molar-refractivity contribution in [1.82, 2.24) is 0 Å². The molecule has 0 radical (unpaired) electrons. The molecule has 17 heavy (non-hydrogen) atoms. The van der Waals surface area contributed by atoms with Crippen molar-refractivity contribution in [1.29, 1.82) is 0 Å². The molecule has 92 valence electrons. The van der Waals surface area contributed by atoms with Crippen molar-refractivity contribution < 1.29 is 9.53 Å². The standard InChI is InChI=1S/C12H11BrCl2O2/c1-2-5-12(15)10(16)8-6-7(13)3-4-9(8)17-11(12)14/h3-4,6,11H,2,5H2,1H3. The average Bonchev–Trinajstić information content (AvgIpc) is 2.29. The topological polar surface area (TPSA) is 26.3 Å². The van der Waals surface area contributed by atoms with Gasteiger partial charge in [0, 0.05) is 4.47 Å². The fourth-order valence-corrected chi connectivity index (χ4v) is 2.91. The van der Waals surface area contributed by atoms with E-state index in [0.717, 1.165) is 10.9 Å². The van der Waals surface area contributed by atoms with Crippen LogP contribution in [0.4, 0.5) is 0 Å². The van der Waals surface area contributed by atoms with Crippen LogP contribution in [0.25, 0.3) is 0 Å². The number of hydrogen-bond donors (Lipinski definition) is 0. The first-order chi connectivity index (χ1) is 7.99. The smallest absolute Gasteiger partial charge is 0.198 e. The van der Waals surface area contributed by atoms with Crippen molar-refractivity contribution in [3.8, 4) is 5.75 Å². The highest BCUT2D eigenvalue weighted by atomic mass is 79.9. The average molecular weight is 338 g/mol. The lowest BCUT2D eigenvalue weighted by Crippen LogP contribution is -2.48. The zero-order valence-corrected chi connectivity index (χ0v) is 12.3. The Morgan fingerprint density at radius 2 is 2.24 bits per heavy atom. The second-order valence-corrected chi connectivity index (χ2v) is 6.00. The molecule has 1 aromatic rings. The molecule has 0 amide bonds. The summed E-state index contributed by atoms with van der Waals surface area (Å²) in [4.78, 5) is 11.2. The number of Topliss-reactive ketones (excluding diaryl/α,β-unsaturated/α-hetero) is 1. The predicted octanol–water partition coefficient (Wildman–Crippen LogP) is 4.37. The molecule has 1 heterocycles. The maximum atomic E-state index is 12.4.